The molecule has 0 saturated carbocycles. The third-order valence-electron chi connectivity index (χ3n) is 4.78. The molecule has 0 bridgehead atoms. The molecule has 3 heteroatoms. The fourth-order valence-corrected chi connectivity index (χ4v) is 3.39. The van der Waals surface area contributed by atoms with Crippen molar-refractivity contribution in [3.63, 3.8) is 0 Å². The summed E-state index contributed by atoms with van der Waals surface area (Å²) < 4.78 is 5.89. The Labute approximate surface area is 118 Å². The van der Waals surface area contributed by atoms with E-state index in [1.54, 1.807) is 0 Å². The van der Waals surface area contributed by atoms with Crippen molar-refractivity contribution in [3.05, 3.63) is 11.8 Å². The second kappa shape index (κ2) is 6.76. The summed E-state index contributed by atoms with van der Waals surface area (Å²) in [6.45, 7) is 11.4. The molecule has 1 saturated heterocycles. The van der Waals surface area contributed by atoms with Gasteiger partial charge in [-0.15, -0.1) is 0 Å². The molecule has 0 radical (unpaired) electrons. The fraction of sp³-hybridized carbons (Fsp3) is 0.875. The minimum absolute atomic E-state index is 0.182. The summed E-state index contributed by atoms with van der Waals surface area (Å²) in [6, 6.07) is 0.345. The van der Waals surface area contributed by atoms with Crippen LogP contribution in [0.5, 0.6) is 0 Å². The smallest absolute Gasteiger partial charge is 0.111 e. The van der Waals surface area contributed by atoms with E-state index in [0.717, 1.165) is 26.0 Å². The molecule has 2 aliphatic rings. The van der Waals surface area contributed by atoms with Crippen molar-refractivity contribution in [2.75, 3.05) is 26.2 Å². The first-order valence-corrected chi connectivity index (χ1v) is 8.03. The van der Waals surface area contributed by atoms with Gasteiger partial charge in [-0.3, -0.25) is 4.90 Å². The van der Waals surface area contributed by atoms with Crippen molar-refractivity contribution < 1.29 is 4.74 Å². The Kier molecular flexibility index (Phi) is 5.28. The molecule has 1 N–H and O–H groups in total. The van der Waals surface area contributed by atoms with E-state index in [9.17, 15) is 0 Å². The average molecular weight is 266 g/mol. The number of hydrogen-bond donors (Lipinski definition) is 1. The third kappa shape index (κ3) is 3.14. The van der Waals surface area contributed by atoms with Gasteiger partial charge < -0.3 is 10.1 Å². The Bertz CT molecular complexity index is 310. The molecule has 0 aromatic heterocycles. The minimum atomic E-state index is 0.182. The van der Waals surface area contributed by atoms with Gasteiger partial charge in [0.2, 0.25) is 0 Å². The second-order valence-corrected chi connectivity index (χ2v) is 6.04. The molecule has 110 valence electrons. The summed E-state index contributed by atoms with van der Waals surface area (Å²) >= 11 is 0. The van der Waals surface area contributed by atoms with Crippen LogP contribution in [0.15, 0.2) is 11.8 Å². The normalized spacial score (nSPS) is 24.9. The molecule has 0 aliphatic carbocycles. The van der Waals surface area contributed by atoms with Gasteiger partial charge in [0.25, 0.3) is 0 Å². The topological polar surface area (TPSA) is 24.5 Å². The summed E-state index contributed by atoms with van der Waals surface area (Å²) in [4.78, 5) is 2.67. The first-order valence-electron chi connectivity index (χ1n) is 8.03. The Morgan fingerprint density at radius 2 is 2.11 bits per heavy atom. The van der Waals surface area contributed by atoms with E-state index >= 15 is 0 Å². The monoisotopic (exact) mass is 266 g/mol. The summed E-state index contributed by atoms with van der Waals surface area (Å²) in [5.41, 5.74) is 0.182. The lowest BCUT2D eigenvalue weighted by atomic mass is 9.85. The summed E-state index contributed by atoms with van der Waals surface area (Å²) in [5.74, 6) is 1.18. The van der Waals surface area contributed by atoms with Gasteiger partial charge in [-0.1, -0.05) is 13.8 Å². The SMILES string of the molecule is CCCNC(C1=CCCO1)C(C)(CC)N1CCCC1. The molecule has 2 unspecified atom stereocenters. The van der Waals surface area contributed by atoms with E-state index in [4.69, 9.17) is 4.74 Å². The molecular formula is C16H30N2O. The molecule has 2 heterocycles. The van der Waals surface area contributed by atoms with E-state index in [1.807, 2.05) is 0 Å². The highest BCUT2D eigenvalue weighted by atomic mass is 16.5. The average Bonchev–Trinajstić information content (AvgIpc) is 3.11. The first kappa shape index (κ1) is 14.9. The Hall–Kier alpha value is -0.540. The Morgan fingerprint density at radius 3 is 2.63 bits per heavy atom. The number of nitrogens with zero attached hydrogens (tertiary/aromatic N) is 1. The number of rotatable bonds is 7. The number of nitrogens with one attached hydrogen (secondary N) is 1. The van der Waals surface area contributed by atoms with Crippen LogP contribution in [0.25, 0.3) is 0 Å². The van der Waals surface area contributed by atoms with Crippen molar-refractivity contribution in [3.8, 4) is 0 Å². The molecule has 0 aromatic rings. The Balaban J connectivity index is 2.17. The van der Waals surface area contributed by atoms with Crippen molar-refractivity contribution >= 4 is 0 Å². The van der Waals surface area contributed by atoms with E-state index < -0.39 is 0 Å². The van der Waals surface area contributed by atoms with Crippen LogP contribution < -0.4 is 5.32 Å². The quantitative estimate of drug-likeness (QED) is 0.767. The minimum Gasteiger partial charge on any atom is -0.496 e. The van der Waals surface area contributed by atoms with Crippen LogP contribution in [0.1, 0.15) is 52.9 Å². The fourth-order valence-electron chi connectivity index (χ4n) is 3.39. The van der Waals surface area contributed by atoms with E-state index in [-0.39, 0.29) is 5.54 Å². The maximum Gasteiger partial charge on any atom is 0.111 e. The molecule has 0 spiro atoms. The lowest BCUT2D eigenvalue weighted by molar-refractivity contribution is 0.0697. The molecule has 1 fully saturated rings. The maximum atomic E-state index is 5.89. The predicted octanol–water partition coefficient (Wildman–Crippen LogP) is 2.92. The molecule has 2 atom stereocenters. The lowest BCUT2D eigenvalue weighted by Gasteiger charge is -2.45. The van der Waals surface area contributed by atoms with Crippen molar-refractivity contribution in [2.24, 2.45) is 0 Å². The third-order valence-corrected chi connectivity index (χ3v) is 4.78. The molecule has 2 aliphatic heterocycles. The van der Waals surface area contributed by atoms with Crippen molar-refractivity contribution in [2.45, 2.75) is 64.5 Å². The Morgan fingerprint density at radius 1 is 1.37 bits per heavy atom. The standard InChI is InChI=1S/C16H30N2O/c1-4-10-17-15(14-9-8-13-19-14)16(3,5-2)18-11-6-7-12-18/h9,15,17H,4-8,10-13H2,1-3H3. The van der Waals surface area contributed by atoms with Gasteiger partial charge >= 0.3 is 0 Å². The van der Waals surface area contributed by atoms with Gasteiger partial charge in [0.15, 0.2) is 0 Å². The lowest BCUT2D eigenvalue weighted by Crippen LogP contribution is -2.59. The highest BCUT2D eigenvalue weighted by molar-refractivity contribution is 5.16. The molecule has 2 rings (SSSR count). The zero-order chi connectivity index (χ0) is 13.7. The van der Waals surface area contributed by atoms with Crippen LogP contribution in [-0.2, 0) is 4.74 Å². The van der Waals surface area contributed by atoms with E-state index in [0.29, 0.717) is 6.04 Å². The summed E-state index contributed by atoms with van der Waals surface area (Å²) in [7, 11) is 0. The molecule has 19 heavy (non-hydrogen) atoms. The van der Waals surface area contributed by atoms with Gasteiger partial charge in [-0.2, -0.15) is 0 Å². The summed E-state index contributed by atoms with van der Waals surface area (Å²) in [6.07, 6.45) is 8.38. The van der Waals surface area contributed by atoms with Crippen LogP contribution in [0, 0.1) is 0 Å². The largest absolute Gasteiger partial charge is 0.496 e. The highest BCUT2D eigenvalue weighted by Crippen LogP contribution is 2.33. The van der Waals surface area contributed by atoms with Crippen molar-refractivity contribution in [1.29, 1.82) is 0 Å². The van der Waals surface area contributed by atoms with Crippen molar-refractivity contribution in [1.82, 2.24) is 10.2 Å². The van der Waals surface area contributed by atoms with E-state index in [1.165, 1.54) is 38.1 Å². The zero-order valence-corrected chi connectivity index (χ0v) is 12.9. The number of likely N-dealkylation sites (tertiary alicyclic amines) is 1. The highest BCUT2D eigenvalue weighted by Gasteiger charge is 2.42. The van der Waals surface area contributed by atoms with Gasteiger partial charge in [0, 0.05) is 12.0 Å². The molecular weight excluding hydrogens is 236 g/mol. The second-order valence-electron chi connectivity index (χ2n) is 6.04. The number of hydrogen-bond acceptors (Lipinski definition) is 3. The van der Waals surface area contributed by atoms with Gasteiger partial charge in [0.05, 0.1) is 12.6 Å². The van der Waals surface area contributed by atoms with Crippen LogP contribution in [0.4, 0.5) is 0 Å². The first-order chi connectivity index (χ1) is 9.22. The molecule has 0 amide bonds. The predicted molar refractivity (Wildman–Crippen MR) is 80.2 cm³/mol. The molecule has 3 nitrogen and oxygen atoms in total. The van der Waals surface area contributed by atoms with Gasteiger partial charge in [-0.05, 0) is 58.3 Å². The van der Waals surface area contributed by atoms with Crippen LogP contribution >= 0.6 is 0 Å². The maximum absolute atomic E-state index is 5.89. The van der Waals surface area contributed by atoms with Gasteiger partial charge in [-0.25, -0.2) is 0 Å². The van der Waals surface area contributed by atoms with Crippen LogP contribution in [-0.4, -0.2) is 42.7 Å². The zero-order valence-electron chi connectivity index (χ0n) is 12.9. The van der Waals surface area contributed by atoms with Crippen LogP contribution in [0.3, 0.4) is 0 Å². The number of ether oxygens (including phenoxy) is 1. The van der Waals surface area contributed by atoms with E-state index in [2.05, 4.69) is 37.1 Å². The summed E-state index contributed by atoms with van der Waals surface area (Å²) in [5, 5.41) is 3.74. The van der Waals surface area contributed by atoms with Crippen LogP contribution in [0.2, 0.25) is 0 Å². The van der Waals surface area contributed by atoms with Gasteiger partial charge in [0.1, 0.15) is 5.76 Å². The molecule has 0 aromatic carbocycles.